The first-order valence-electron chi connectivity index (χ1n) is 10.7. The highest BCUT2D eigenvalue weighted by atomic mass is 16.5. The number of aryl methyl sites for hydroxylation is 1. The summed E-state index contributed by atoms with van der Waals surface area (Å²) >= 11 is 0. The molecule has 156 valence electrons. The van der Waals surface area contributed by atoms with Crippen molar-refractivity contribution in [2.75, 3.05) is 13.3 Å². The minimum Gasteiger partial charge on any atom is -0.477 e. The van der Waals surface area contributed by atoms with Crippen LogP contribution in [-0.4, -0.2) is 18.2 Å². The Morgan fingerprint density at radius 1 is 1.00 bits per heavy atom. The maximum Gasteiger partial charge on any atom is 0.336 e. The van der Waals surface area contributed by atoms with Gasteiger partial charge in [-0.15, -0.1) is 0 Å². The molecule has 3 aromatic carbocycles. The van der Waals surface area contributed by atoms with E-state index in [0.29, 0.717) is 18.2 Å². The van der Waals surface area contributed by atoms with E-state index in [9.17, 15) is 4.79 Å². The van der Waals surface area contributed by atoms with E-state index in [1.54, 1.807) is 6.07 Å². The summed E-state index contributed by atoms with van der Waals surface area (Å²) < 4.78 is 11.8. The summed E-state index contributed by atoms with van der Waals surface area (Å²) in [5.41, 5.74) is 5.51. The van der Waals surface area contributed by atoms with Crippen LogP contribution < -0.4 is 10.4 Å². The van der Waals surface area contributed by atoms with Crippen molar-refractivity contribution < 1.29 is 9.15 Å². The van der Waals surface area contributed by atoms with E-state index in [2.05, 4.69) is 42.2 Å². The molecule has 0 unspecified atom stereocenters. The summed E-state index contributed by atoms with van der Waals surface area (Å²) in [7, 11) is 0. The van der Waals surface area contributed by atoms with Crippen molar-refractivity contribution in [3.63, 3.8) is 0 Å². The molecule has 4 aromatic rings. The number of rotatable bonds is 4. The van der Waals surface area contributed by atoms with E-state index in [1.807, 2.05) is 43.3 Å². The number of fused-ring (bicyclic) bond motifs is 2. The fourth-order valence-corrected chi connectivity index (χ4v) is 4.52. The lowest BCUT2D eigenvalue weighted by Gasteiger charge is -2.32. The molecule has 0 aliphatic carbocycles. The van der Waals surface area contributed by atoms with Gasteiger partial charge < -0.3 is 9.15 Å². The van der Waals surface area contributed by atoms with Crippen LogP contribution in [0.4, 0.5) is 0 Å². The first-order valence-corrected chi connectivity index (χ1v) is 10.7. The SMILES string of the molecule is Cc1c2c(cc3c(-c4ccccc4)cc(=O)oc13)CN(C[C@@H](C)c1ccccc1)CO2. The van der Waals surface area contributed by atoms with E-state index < -0.39 is 0 Å². The fraction of sp³-hybridized carbons (Fsp3) is 0.222. The first-order chi connectivity index (χ1) is 15.1. The quantitative estimate of drug-likeness (QED) is 0.403. The second-order valence-electron chi connectivity index (χ2n) is 8.31. The molecule has 1 aliphatic heterocycles. The molecule has 0 saturated heterocycles. The van der Waals surface area contributed by atoms with Crippen LogP contribution >= 0.6 is 0 Å². The van der Waals surface area contributed by atoms with Gasteiger partial charge in [0, 0.05) is 35.7 Å². The molecular formula is C27H25NO3. The average molecular weight is 412 g/mol. The predicted octanol–water partition coefficient (Wildman–Crippen LogP) is 5.72. The van der Waals surface area contributed by atoms with Crippen LogP contribution in [0.25, 0.3) is 22.1 Å². The smallest absolute Gasteiger partial charge is 0.336 e. The summed E-state index contributed by atoms with van der Waals surface area (Å²) in [5.74, 6) is 1.25. The van der Waals surface area contributed by atoms with Gasteiger partial charge in [-0.2, -0.15) is 0 Å². The number of hydrogen-bond donors (Lipinski definition) is 0. The maximum atomic E-state index is 12.3. The van der Waals surface area contributed by atoms with Gasteiger partial charge in [0.05, 0.1) is 0 Å². The van der Waals surface area contributed by atoms with E-state index in [1.165, 1.54) is 5.56 Å². The minimum absolute atomic E-state index is 0.344. The minimum atomic E-state index is -0.344. The molecule has 2 heterocycles. The Morgan fingerprint density at radius 3 is 2.45 bits per heavy atom. The Bertz CT molecular complexity index is 1280. The topological polar surface area (TPSA) is 42.7 Å². The summed E-state index contributed by atoms with van der Waals surface area (Å²) in [6, 6.07) is 24.3. The molecule has 4 heteroatoms. The Balaban J connectivity index is 1.53. The monoisotopic (exact) mass is 411 g/mol. The third-order valence-electron chi connectivity index (χ3n) is 6.06. The van der Waals surface area contributed by atoms with Gasteiger partial charge in [-0.3, -0.25) is 4.90 Å². The zero-order valence-corrected chi connectivity index (χ0v) is 17.8. The van der Waals surface area contributed by atoms with Crippen LogP contribution in [0.15, 0.2) is 82.0 Å². The van der Waals surface area contributed by atoms with E-state index >= 15 is 0 Å². The van der Waals surface area contributed by atoms with E-state index in [-0.39, 0.29) is 5.63 Å². The Hall–Kier alpha value is -3.37. The van der Waals surface area contributed by atoms with Crippen LogP contribution in [0.5, 0.6) is 5.75 Å². The molecule has 1 aliphatic rings. The van der Waals surface area contributed by atoms with Crippen LogP contribution in [0, 0.1) is 6.92 Å². The number of nitrogens with zero attached hydrogens (tertiary/aromatic N) is 1. The van der Waals surface area contributed by atoms with Crippen LogP contribution in [0.2, 0.25) is 0 Å². The molecule has 0 amide bonds. The normalized spacial score (nSPS) is 14.8. The van der Waals surface area contributed by atoms with Gasteiger partial charge in [0.2, 0.25) is 0 Å². The predicted molar refractivity (Wildman–Crippen MR) is 123 cm³/mol. The number of benzene rings is 3. The van der Waals surface area contributed by atoms with Gasteiger partial charge in [-0.05, 0) is 35.6 Å². The Kier molecular flexibility index (Phi) is 5.08. The van der Waals surface area contributed by atoms with Crippen LogP contribution in [-0.2, 0) is 6.54 Å². The second-order valence-corrected chi connectivity index (χ2v) is 8.31. The van der Waals surface area contributed by atoms with Crippen molar-refractivity contribution >= 4 is 11.0 Å². The largest absolute Gasteiger partial charge is 0.477 e. The fourth-order valence-electron chi connectivity index (χ4n) is 4.52. The van der Waals surface area contributed by atoms with Crippen LogP contribution in [0.3, 0.4) is 0 Å². The highest BCUT2D eigenvalue weighted by molar-refractivity contribution is 5.96. The lowest BCUT2D eigenvalue weighted by molar-refractivity contribution is 0.0900. The molecule has 31 heavy (non-hydrogen) atoms. The molecule has 1 aromatic heterocycles. The Morgan fingerprint density at radius 2 is 1.71 bits per heavy atom. The molecule has 1 atom stereocenters. The van der Waals surface area contributed by atoms with Gasteiger partial charge >= 0.3 is 5.63 Å². The molecule has 0 N–H and O–H groups in total. The molecule has 0 saturated carbocycles. The maximum absolute atomic E-state index is 12.3. The van der Waals surface area contributed by atoms with Gasteiger partial charge in [0.1, 0.15) is 18.1 Å². The zero-order chi connectivity index (χ0) is 21.4. The third-order valence-corrected chi connectivity index (χ3v) is 6.06. The molecule has 0 spiro atoms. The lowest BCUT2D eigenvalue weighted by atomic mass is 9.96. The Labute approximate surface area is 181 Å². The second kappa shape index (κ2) is 8.05. The summed E-state index contributed by atoms with van der Waals surface area (Å²) in [4.78, 5) is 14.6. The molecule has 5 rings (SSSR count). The van der Waals surface area contributed by atoms with Crippen molar-refractivity contribution in [1.29, 1.82) is 0 Å². The van der Waals surface area contributed by atoms with Gasteiger partial charge in [-0.25, -0.2) is 4.79 Å². The highest BCUT2D eigenvalue weighted by Gasteiger charge is 2.24. The molecule has 0 bridgehead atoms. The summed E-state index contributed by atoms with van der Waals surface area (Å²) in [5, 5.41) is 0.948. The van der Waals surface area contributed by atoms with E-state index in [0.717, 1.165) is 46.5 Å². The first kappa shape index (κ1) is 19.6. The zero-order valence-electron chi connectivity index (χ0n) is 17.8. The van der Waals surface area contributed by atoms with Gasteiger partial charge in [0.25, 0.3) is 0 Å². The number of ether oxygens (including phenoxy) is 1. The lowest BCUT2D eigenvalue weighted by Crippen LogP contribution is -2.35. The third kappa shape index (κ3) is 3.75. The van der Waals surface area contributed by atoms with Crippen molar-refractivity contribution in [2.45, 2.75) is 26.3 Å². The van der Waals surface area contributed by atoms with Gasteiger partial charge in [-0.1, -0.05) is 67.6 Å². The summed E-state index contributed by atoms with van der Waals surface area (Å²) in [6.45, 7) is 6.46. The molecular weight excluding hydrogens is 386 g/mol. The van der Waals surface area contributed by atoms with Crippen molar-refractivity contribution in [3.05, 3.63) is 99.9 Å². The standard InChI is InChI=1S/C27H25NO3/c1-18(20-9-5-3-6-10-20)15-28-16-22-13-24-23(21-11-7-4-8-12-21)14-25(29)31-27(24)19(2)26(22)30-17-28/h3-14,18H,15-17H2,1-2H3/t18-/m1/s1. The summed E-state index contributed by atoms with van der Waals surface area (Å²) in [6.07, 6.45) is 0. The molecule has 0 fully saturated rings. The van der Waals surface area contributed by atoms with Crippen LogP contribution in [0.1, 0.15) is 29.5 Å². The average Bonchev–Trinajstić information content (AvgIpc) is 2.80. The molecule has 4 nitrogen and oxygen atoms in total. The van der Waals surface area contributed by atoms with Crippen molar-refractivity contribution in [2.24, 2.45) is 0 Å². The van der Waals surface area contributed by atoms with Gasteiger partial charge in [0.15, 0.2) is 0 Å². The van der Waals surface area contributed by atoms with Crippen molar-refractivity contribution in [1.82, 2.24) is 4.90 Å². The molecule has 0 radical (unpaired) electrons. The highest BCUT2D eigenvalue weighted by Crippen LogP contribution is 2.38. The number of hydrogen-bond acceptors (Lipinski definition) is 4. The van der Waals surface area contributed by atoms with Crippen molar-refractivity contribution in [3.8, 4) is 16.9 Å². The van der Waals surface area contributed by atoms with E-state index in [4.69, 9.17) is 9.15 Å².